The van der Waals surface area contributed by atoms with Crippen LogP contribution in [0, 0.1) is 12.5 Å². The van der Waals surface area contributed by atoms with Crippen LogP contribution in [-0.2, 0) is 0 Å². The Labute approximate surface area is 175 Å². The van der Waals surface area contributed by atoms with Gasteiger partial charge < -0.3 is 15.1 Å². The second-order valence-electron chi connectivity index (χ2n) is 7.88. The lowest BCUT2D eigenvalue weighted by molar-refractivity contribution is 0.154. The molecular formula is C24H35NO2S. The van der Waals surface area contributed by atoms with E-state index in [1.165, 1.54) is 19.3 Å². The molecule has 3 nitrogen and oxygen atoms in total. The minimum atomic E-state index is -0.470. The van der Waals surface area contributed by atoms with Crippen molar-refractivity contribution in [1.82, 2.24) is 0 Å². The fourth-order valence-electron chi connectivity index (χ4n) is 4.30. The molecule has 0 heterocycles. The van der Waals surface area contributed by atoms with Gasteiger partial charge in [-0.25, -0.2) is 6.57 Å². The molecule has 4 heteroatoms. The molecule has 3 unspecified atom stereocenters. The van der Waals surface area contributed by atoms with Crippen LogP contribution in [0.3, 0.4) is 0 Å². The van der Waals surface area contributed by atoms with Gasteiger partial charge in [-0.2, -0.15) is 11.8 Å². The van der Waals surface area contributed by atoms with Crippen LogP contribution >= 0.6 is 11.8 Å². The number of rotatable bonds is 11. The van der Waals surface area contributed by atoms with E-state index in [9.17, 15) is 10.2 Å². The summed E-state index contributed by atoms with van der Waals surface area (Å²) in [6, 6.07) is 7.96. The summed E-state index contributed by atoms with van der Waals surface area (Å²) in [6.45, 7) is 9.72. The molecule has 28 heavy (non-hydrogen) atoms. The highest BCUT2D eigenvalue weighted by Gasteiger charge is 2.46. The molecule has 1 aromatic rings. The molecule has 0 radical (unpaired) electrons. The lowest BCUT2D eigenvalue weighted by atomic mass is 9.83. The number of nitrogens with zero attached hydrogens (tertiary/aromatic N) is 1. The van der Waals surface area contributed by atoms with E-state index in [2.05, 4.69) is 30.2 Å². The molecule has 0 spiro atoms. The number of allylic oxidation sites excluding steroid dienone is 1. The first-order valence-electron chi connectivity index (χ1n) is 10.6. The minimum absolute atomic E-state index is 0.00576. The molecule has 2 rings (SSSR count). The van der Waals surface area contributed by atoms with E-state index in [4.69, 9.17) is 6.57 Å². The van der Waals surface area contributed by atoms with E-state index >= 15 is 0 Å². The Balaban J connectivity index is 2.05. The van der Waals surface area contributed by atoms with Gasteiger partial charge in [0, 0.05) is 24.0 Å². The zero-order valence-corrected chi connectivity index (χ0v) is 18.1. The average molecular weight is 402 g/mol. The van der Waals surface area contributed by atoms with Crippen molar-refractivity contribution in [1.29, 1.82) is 0 Å². The minimum Gasteiger partial charge on any atom is -0.392 e. The van der Waals surface area contributed by atoms with Crippen molar-refractivity contribution in [3.8, 4) is 0 Å². The number of aliphatic hydroxyl groups is 2. The topological polar surface area (TPSA) is 44.8 Å². The smallest absolute Gasteiger partial charge is 0.230 e. The van der Waals surface area contributed by atoms with Gasteiger partial charge >= 0.3 is 0 Å². The molecular weight excluding hydrogens is 366 g/mol. The molecule has 1 saturated carbocycles. The lowest BCUT2D eigenvalue weighted by Crippen LogP contribution is -2.19. The maximum absolute atomic E-state index is 10.6. The summed E-state index contributed by atoms with van der Waals surface area (Å²) in [7, 11) is 0. The second kappa shape index (κ2) is 12.3. The highest BCUT2D eigenvalue weighted by atomic mass is 32.2. The van der Waals surface area contributed by atoms with Gasteiger partial charge in [0.1, 0.15) is 0 Å². The third-order valence-electron chi connectivity index (χ3n) is 5.89. The van der Waals surface area contributed by atoms with Gasteiger partial charge in [-0.1, -0.05) is 69.0 Å². The highest BCUT2D eigenvalue weighted by molar-refractivity contribution is 7.98. The Morgan fingerprint density at radius 2 is 1.96 bits per heavy atom. The standard InChI is InChI=1S/C24H35NO2S/c1-4-5-6-7-11-22(26)18-12-14-19(15-13-18)24-20(10-8-9-16-28-3)21(25-2)17-23(24)27/h8-9,12-15,20-24,26-27H,4-7,10-11,16-17H2,1,3H3/b9-8-/t20?,21-,22?,23-,24?/m1/s1. The SMILES string of the molecule is [C-]#[N+][C@@H]1C[C@@H](O)C(c2ccc(C(O)CCCCCC)cc2)C1C/C=C\CSC. The van der Waals surface area contributed by atoms with Crippen LogP contribution in [0.5, 0.6) is 0 Å². The van der Waals surface area contributed by atoms with E-state index in [1.54, 1.807) is 11.8 Å². The van der Waals surface area contributed by atoms with E-state index in [0.29, 0.717) is 6.42 Å². The number of unbranched alkanes of at least 4 members (excludes halogenated alkanes) is 3. The van der Waals surface area contributed by atoms with Crippen LogP contribution in [0.4, 0.5) is 0 Å². The summed E-state index contributed by atoms with van der Waals surface area (Å²) in [5.74, 6) is 1.12. The summed E-state index contributed by atoms with van der Waals surface area (Å²) in [6.07, 6.45) is 12.3. The van der Waals surface area contributed by atoms with Gasteiger partial charge in [-0.05, 0) is 30.2 Å². The van der Waals surface area contributed by atoms with Crippen molar-refractivity contribution in [2.24, 2.45) is 5.92 Å². The molecule has 0 aliphatic heterocycles. The van der Waals surface area contributed by atoms with Crippen LogP contribution in [0.15, 0.2) is 36.4 Å². The average Bonchev–Trinajstić information content (AvgIpc) is 3.03. The maximum Gasteiger partial charge on any atom is 0.230 e. The van der Waals surface area contributed by atoms with E-state index < -0.39 is 12.2 Å². The fourth-order valence-corrected chi connectivity index (χ4v) is 4.63. The molecule has 0 aromatic heterocycles. The summed E-state index contributed by atoms with van der Waals surface area (Å²) in [5.41, 5.74) is 2.04. The number of hydrogen-bond acceptors (Lipinski definition) is 3. The number of aliphatic hydroxyl groups excluding tert-OH is 2. The third kappa shape index (κ3) is 6.37. The van der Waals surface area contributed by atoms with Crippen molar-refractivity contribution in [3.63, 3.8) is 0 Å². The lowest BCUT2D eigenvalue weighted by Gasteiger charge is -2.22. The maximum atomic E-state index is 10.6. The van der Waals surface area contributed by atoms with Gasteiger partial charge in [-0.3, -0.25) is 0 Å². The first kappa shape index (κ1) is 23.0. The number of thioether (sulfide) groups is 1. The molecule has 1 fully saturated rings. The summed E-state index contributed by atoms with van der Waals surface area (Å²) >= 11 is 1.78. The predicted molar refractivity (Wildman–Crippen MR) is 120 cm³/mol. The Morgan fingerprint density at radius 3 is 2.61 bits per heavy atom. The van der Waals surface area contributed by atoms with Crippen LogP contribution in [-0.4, -0.2) is 34.4 Å². The number of hydrogen-bond donors (Lipinski definition) is 2. The van der Waals surface area contributed by atoms with Crippen LogP contribution in [0.1, 0.15) is 75.0 Å². The Bertz CT molecular complexity index is 637. The van der Waals surface area contributed by atoms with Crippen molar-refractivity contribution in [2.75, 3.05) is 12.0 Å². The van der Waals surface area contributed by atoms with Crippen LogP contribution < -0.4 is 0 Å². The second-order valence-corrected chi connectivity index (χ2v) is 8.79. The van der Waals surface area contributed by atoms with E-state index in [0.717, 1.165) is 36.1 Å². The van der Waals surface area contributed by atoms with Gasteiger partial charge in [0.05, 0.1) is 12.2 Å². The molecule has 5 atom stereocenters. The Morgan fingerprint density at radius 1 is 1.21 bits per heavy atom. The molecule has 154 valence electrons. The zero-order valence-electron chi connectivity index (χ0n) is 17.3. The van der Waals surface area contributed by atoms with Crippen molar-refractivity contribution in [3.05, 3.63) is 59.0 Å². The third-order valence-corrected chi connectivity index (χ3v) is 6.42. The predicted octanol–water partition coefficient (Wildman–Crippen LogP) is 5.75. The van der Waals surface area contributed by atoms with Gasteiger partial charge in [-0.15, -0.1) is 0 Å². The first-order valence-corrected chi connectivity index (χ1v) is 12.0. The molecule has 1 aromatic carbocycles. The zero-order chi connectivity index (χ0) is 20.4. The molecule has 1 aliphatic rings. The Hall–Kier alpha value is -1.28. The van der Waals surface area contributed by atoms with Crippen LogP contribution in [0.2, 0.25) is 0 Å². The van der Waals surface area contributed by atoms with Crippen molar-refractivity contribution < 1.29 is 10.2 Å². The fraction of sp³-hybridized carbons (Fsp3) is 0.625. The monoisotopic (exact) mass is 401 g/mol. The molecule has 1 aliphatic carbocycles. The van der Waals surface area contributed by atoms with Crippen molar-refractivity contribution >= 4 is 11.8 Å². The van der Waals surface area contributed by atoms with Gasteiger partial charge in [0.15, 0.2) is 0 Å². The molecule has 0 bridgehead atoms. The quantitative estimate of drug-likeness (QED) is 0.282. The van der Waals surface area contributed by atoms with E-state index in [1.807, 2.05) is 24.3 Å². The largest absolute Gasteiger partial charge is 0.392 e. The van der Waals surface area contributed by atoms with E-state index in [-0.39, 0.29) is 17.9 Å². The normalized spacial score (nSPS) is 25.8. The van der Waals surface area contributed by atoms with Gasteiger partial charge in [0.25, 0.3) is 0 Å². The molecule has 2 N–H and O–H groups in total. The van der Waals surface area contributed by atoms with Crippen LogP contribution in [0.25, 0.3) is 4.85 Å². The summed E-state index contributed by atoms with van der Waals surface area (Å²) in [5, 5.41) is 21.1. The first-order chi connectivity index (χ1) is 13.6. The highest BCUT2D eigenvalue weighted by Crippen LogP contribution is 2.44. The molecule has 0 saturated heterocycles. The Kier molecular flexibility index (Phi) is 10.1. The molecule has 0 amide bonds. The number of benzene rings is 1. The van der Waals surface area contributed by atoms with Gasteiger partial charge in [0.2, 0.25) is 6.04 Å². The summed E-state index contributed by atoms with van der Waals surface area (Å²) < 4.78 is 0. The summed E-state index contributed by atoms with van der Waals surface area (Å²) in [4.78, 5) is 3.80. The van der Waals surface area contributed by atoms with Crippen molar-refractivity contribution in [2.45, 2.75) is 76.0 Å².